The lowest BCUT2D eigenvalue weighted by molar-refractivity contribution is -0.124. The number of halogens is 2. The number of benzene rings is 3. The molecular weight excluding hydrogens is 582 g/mol. The summed E-state index contributed by atoms with van der Waals surface area (Å²) in [5.74, 6) is 0.594. The maximum atomic E-state index is 13.1. The van der Waals surface area contributed by atoms with Crippen LogP contribution in [0.5, 0.6) is 11.5 Å². The van der Waals surface area contributed by atoms with Gasteiger partial charge in [0, 0.05) is 16.0 Å². The molecule has 1 N–H and O–H groups in total. The number of sulfonamides is 1. The molecular formula is C26H25BrClN3O5S. The third-order valence-corrected chi connectivity index (χ3v) is 8.51. The Balaban J connectivity index is 1.38. The van der Waals surface area contributed by atoms with Crippen LogP contribution in [0.4, 0.5) is 0 Å². The SMILES string of the molecule is COc1cc(/C=N\NC(=O)[C@H]2CCCN2S(=O)(=O)c2ccc(Cl)cc2)ccc1OCc1ccc(Br)cc1. The van der Waals surface area contributed by atoms with Crippen LogP contribution >= 0.6 is 27.5 Å². The van der Waals surface area contributed by atoms with E-state index in [1.807, 2.05) is 24.3 Å². The lowest BCUT2D eigenvalue weighted by atomic mass is 10.2. The predicted molar refractivity (Wildman–Crippen MR) is 146 cm³/mol. The summed E-state index contributed by atoms with van der Waals surface area (Å²) < 4.78 is 39.6. The summed E-state index contributed by atoms with van der Waals surface area (Å²) in [4.78, 5) is 12.9. The third kappa shape index (κ3) is 6.70. The second kappa shape index (κ2) is 12.1. The third-order valence-electron chi connectivity index (χ3n) is 5.81. The van der Waals surface area contributed by atoms with Crippen LogP contribution in [0.15, 0.2) is 81.2 Å². The second-order valence-corrected chi connectivity index (χ2v) is 11.5. The fraction of sp³-hybridized carbons (Fsp3) is 0.231. The van der Waals surface area contributed by atoms with Crippen molar-refractivity contribution in [2.45, 2.75) is 30.4 Å². The number of carbonyl (C=O) groups excluding carboxylic acids is 1. The van der Waals surface area contributed by atoms with Crippen molar-refractivity contribution in [3.8, 4) is 11.5 Å². The van der Waals surface area contributed by atoms with E-state index in [2.05, 4.69) is 26.5 Å². The van der Waals surface area contributed by atoms with Gasteiger partial charge in [0.25, 0.3) is 5.91 Å². The molecule has 1 heterocycles. The molecule has 11 heteroatoms. The lowest BCUT2D eigenvalue weighted by Crippen LogP contribution is -2.44. The van der Waals surface area contributed by atoms with Gasteiger partial charge in [-0.2, -0.15) is 9.41 Å². The van der Waals surface area contributed by atoms with Crippen LogP contribution < -0.4 is 14.9 Å². The van der Waals surface area contributed by atoms with Crippen molar-refractivity contribution in [2.24, 2.45) is 5.10 Å². The zero-order chi connectivity index (χ0) is 26.4. The molecule has 1 aliphatic heterocycles. The van der Waals surface area contributed by atoms with Crippen LogP contribution in [0.1, 0.15) is 24.0 Å². The molecule has 1 fully saturated rings. The van der Waals surface area contributed by atoms with Crippen molar-refractivity contribution in [2.75, 3.05) is 13.7 Å². The van der Waals surface area contributed by atoms with Crippen LogP contribution in [-0.4, -0.2) is 44.5 Å². The van der Waals surface area contributed by atoms with Crippen molar-refractivity contribution in [3.63, 3.8) is 0 Å². The molecule has 4 rings (SSSR count). The molecule has 8 nitrogen and oxygen atoms in total. The summed E-state index contributed by atoms with van der Waals surface area (Å²) in [5.41, 5.74) is 4.15. The molecule has 0 aliphatic carbocycles. The Kier molecular flexibility index (Phi) is 8.86. The molecule has 1 aliphatic rings. The molecule has 0 unspecified atom stereocenters. The number of methoxy groups -OCH3 is 1. The van der Waals surface area contributed by atoms with Crippen LogP contribution in [0.2, 0.25) is 5.02 Å². The maximum absolute atomic E-state index is 13.1. The van der Waals surface area contributed by atoms with Crippen molar-refractivity contribution in [3.05, 3.63) is 87.4 Å². The Morgan fingerprint density at radius 3 is 2.57 bits per heavy atom. The molecule has 1 saturated heterocycles. The van der Waals surface area contributed by atoms with E-state index in [0.717, 1.165) is 10.0 Å². The van der Waals surface area contributed by atoms with Crippen molar-refractivity contribution >= 4 is 49.7 Å². The average molecular weight is 607 g/mol. The van der Waals surface area contributed by atoms with Crippen LogP contribution in [0, 0.1) is 0 Å². The fourth-order valence-electron chi connectivity index (χ4n) is 3.90. The molecule has 0 saturated carbocycles. The van der Waals surface area contributed by atoms with E-state index in [-0.39, 0.29) is 11.4 Å². The first kappa shape index (κ1) is 27.1. The Hall–Kier alpha value is -2.92. The van der Waals surface area contributed by atoms with Gasteiger partial charge in [0.05, 0.1) is 18.2 Å². The molecule has 0 spiro atoms. The van der Waals surface area contributed by atoms with Gasteiger partial charge < -0.3 is 9.47 Å². The Morgan fingerprint density at radius 1 is 1.14 bits per heavy atom. The quantitative estimate of drug-likeness (QED) is 0.273. The van der Waals surface area contributed by atoms with Crippen LogP contribution in [0.3, 0.4) is 0 Å². The van der Waals surface area contributed by atoms with Gasteiger partial charge in [0.15, 0.2) is 11.5 Å². The molecule has 0 radical (unpaired) electrons. The Bertz CT molecular complexity index is 1380. The molecule has 1 amide bonds. The highest BCUT2D eigenvalue weighted by Gasteiger charge is 2.39. The van der Waals surface area contributed by atoms with E-state index in [9.17, 15) is 13.2 Å². The van der Waals surface area contributed by atoms with Gasteiger partial charge in [0.2, 0.25) is 10.0 Å². The summed E-state index contributed by atoms with van der Waals surface area (Å²) in [6, 6.07) is 18.1. The van der Waals surface area contributed by atoms with E-state index in [0.29, 0.717) is 41.5 Å². The maximum Gasteiger partial charge on any atom is 0.258 e. The monoisotopic (exact) mass is 605 g/mol. The number of amides is 1. The van der Waals surface area contributed by atoms with Crippen molar-refractivity contribution < 1.29 is 22.7 Å². The average Bonchev–Trinajstić information content (AvgIpc) is 3.40. The molecule has 37 heavy (non-hydrogen) atoms. The summed E-state index contributed by atoms with van der Waals surface area (Å²) >= 11 is 9.29. The fourth-order valence-corrected chi connectivity index (χ4v) is 5.95. The number of rotatable bonds is 9. The number of hydrogen-bond donors (Lipinski definition) is 1. The summed E-state index contributed by atoms with van der Waals surface area (Å²) in [6.45, 7) is 0.635. The molecule has 3 aromatic rings. The van der Waals surface area contributed by atoms with Crippen LogP contribution in [0.25, 0.3) is 0 Å². The van der Waals surface area contributed by atoms with E-state index < -0.39 is 22.0 Å². The molecule has 1 atom stereocenters. The highest BCUT2D eigenvalue weighted by Crippen LogP contribution is 2.29. The van der Waals surface area contributed by atoms with Crippen molar-refractivity contribution in [1.29, 1.82) is 0 Å². The number of ether oxygens (including phenoxy) is 2. The van der Waals surface area contributed by atoms with Gasteiger partial charge in [-0.15, -0.1) is 0 Å². The van der Waals surface area contributed by atoms with E-state index in [4.69, 9.17) is 21.1 Å². The first-order valence-electron chi connectivity index (χ1n) is 11.4. The number of nitrogens with one attached hydrogen (secondary N) is 1. The Labute approximate surface area is 229 Å². The second-order valence-electron chi connectivity index (χ2n) is 8.29. The van der Waals surface area contributed by atoms with Gasteiger partial charge in [-0.3, -0.25) is 4.79 Å². The van der Waals surface area contributed by atoms with E-state index >= 15 is 0 Å². The first-order valence-corrected chi connectivity index (χ1v) is 14.0. The highest BCUT2D eigenvalue weighted by molar-refractivity contribution is 9.10. The molecule has 0 aromatic heterocycles. The first-order chi connectivity index (χ1) is 17.8. The van der Waals surface area contributed by atoms with Gasteiger partial charge >= 0.3 is 0 Å². The van der Waals surface area contributed by atoms with Gasteiger partial charge in [-0.25, -0.2) is 13.8 Å². The molecule has 3 aromatic carbocycles. The largest absolute Gasteiger partial charge is 0.493 e. The minimum Gasteiger partial charge on any atom is -0.493 e. The normalized spacial score (nSPS) is 16.1. The summed E-state index contributed by atoms with van der Waals surface area (Å²) in [7, 11) is -2.30. The highest BCUT2D eigenvalue weighted by atomic mass is 79.9. The minimum atomic E-state index is -3.84. The standard InChI is InChI=1S/C26H25BrClN3O5S/c1-35-25-15-19(6-13-24(25)36-17-18-4-7-20(27)8-5-18)16-29-30-26(32)23-3-2-14-31(23)37(33,34)22-11-9-21(28)10-12-22/h4-13,15-16,23H,2-3,14,17H2,1H3,(H,30,32)/b29-16-/t23-/m1/s1. The summed E-state index contributed by atoms with van der Waals surface area (Å²) in [6.07, 6.45) is 2.45. The smallest absolute Gasteiger partial charge is 0.258 e. The minimum absolute atomic E-state index is 0.0923. The molecule has 194 valence electrons. The van der Waals surface area contributed by atoms with E-state index in [1.54, 1.807) is 25.3 Å². The lowest BCUT2D eigenvalue weighted by Gasteiger charge is -2.22. The van der Waals surface area contributed by atoms with Crippen LogP contribution in [-0.2, 0) is 21.4 Å². The van der Waals surface area contributed by atoms with Gasteiger partial charge in [-0.1, -0.05) is 39.7 Å². The zero-order valence-corrected chi connectivity index (χ0v) is 23.1. The van der Waals surface area contributed by atoms with E-state index in [1.165, 1.54) is 34.8 Å². The number of carbonyl (C=O) groups is 1. The predicted octanol–water partition coefficient (Wildman–Crippen LogP) is 4.99. The van der Waals surface area contributed by atoms with Gasteiger partial charge in [0.1, 0.15) is 12.6 Å². The molecule has 0 bridgehead atoms. The Morgan fingerprint density at radius 2 is 1.86 bits per heavy atom. The summed E-state index contributed by atoms with van der Waals surface area (Å²) in [5, 5.41) is 4.46. The topological polar surface area (TPSA) is 97.3 Å². The van der Waals surface area contributed by atoms with Crippen molar-refractivity contribution in [1.82, 2.24) is 9.73 Å². The van der Waals surface area contributed by atoms with Gasteiger partial charge in [-0.05, 0) is 78.6 Å². The number of nitrogens with zero attached hydrogens (tertiary/aromatic N) is 2. The number of hydrogen-bond acceptors (Lipinski definition) is 6. The zero-order valence-electron chi connectivity index (χ0n) is 19.9. The number of hydrazone groups is 1.